The lowest BCUT2D eigenvalue weighted by molar-refractivity contribution is -0.118. The van der Waals surface area contributed by atoms with E-state index in [1.807, 2.05) is 0 Å². The van der Waals surface area contributed by atoms with E-state index in [1.54, 1.807) is 19.1 Å². The van der Waals surface area contributed by atoms with E-state index < -0.39 is 5.60 Å². The quantitative estimate of drug-likeness (QED) is 0.720. The highest BCUT2D eigenvalue weighted by molar-refractivity contribution is 5.91. The fourth-order valence-electron chi connectivity index (χ4n) is 1.24. The van der Waals surface area contributed by atoms with Crippen LogP contribution in [0.4, 0.5) is 0 Å². The predicted molar refractivity (Wildman–Crippen MR) is 63.3 cm³/mol. The van der Waals surface area contributed by atoms with Crippen LogP contribution in [0.15, 0.2) is 29.1 Å². The molecule has 1 amide bonds. The molecule has 1 aromatic heterocycles. The molecular formula is C12H17NO4. The van der Waals surface area contributed by atoms with Crippen LogP contribution in [0.5, 0.6) is 0 Å². The third-order valence-corrected chi connectivity index (χ3v) is 2.07. The Labute approximate surface area is 100 Å². The topological polar surface area (TPSA) is 71.7 Å². The maximum atomic E-state index is 11.4. The lowest BCUT2D eigenvalue weighted by Crippen LogP contribution is -2.43. The molecule has 2 N–H and O–H groups in total. The van der Waals surface area contributed by atoms with Crippen LogP contribution in [0.3, 0.4) is 0 Å². The zero-order chi connectivity index (χ0) is 12.7. The van der Waals surface area contributed by atoms with Gasteiger partial charge in [-0.2, -0.15) is 0 Å². The molecule has 17 heavy (non-hydrogen) atoms. The molecule has 5 nitrogen and oxygen atoms in total. The van der Waals surface area contributed by atoms with Gasteiger partial charge in [-0.25, -0.2) is 0 Å². The van der Waals surface area contributed by atoms with Crippen LogP contribution in [0.1, 0.15) is 12.5 Å². The number of furan rings is 1. The maximum absolute atomic E-state index is 11.4. The fourth-order valence-corrected chi connectivity index (χ4v) is 1.24. The molecule has 1 rings (SSSR count). The lowest BCUT2D eigenvalue weighted by Gasteiger charge is -2.21. The van der Waals surface area contributed by atoms with Crippen molar-refractivity contribution in [2.24, 2.45) is 0 Å². The molecule has 0 aliphatic carbocycles. The van der Waals surface area contributed by atoms with Gasteiger partial charge in [-0.3, -0.25) is 4.79 Å². The molecule has 1 atom stereocenters. The maximum Gasteiger partial charge on any atom is 0.244 e. The molecule has 1 heterocycles. The summed E-state index contributed by atoms with van der Waals surface area (Å²) < 4.78 is 9.68. The van der Waals surface area contributed by atoms with Crippen LogP contribution in [0.2, 0.25) is 0 Å². The summed E-state index contributed by atoms with van der Waals surface area (Å²) in [6, 6.07) is 1.74. The number of carbonyl (C=O) groups is 1. The smallest absolute Gasteiger partial charge is 0.244 e. The minimum absolute atomic E-state index is 0.134. The number of nitrogens with one attached hydrogen (secondary N) is 1. The van der Waals surface area contributed by atoms with E-state index in [-0.39, 0.29) is 19.1 Å². The van der Waals surface area contributed by atoms with Gasteiger partial charge in [0, 0.05) is 25.3 Å². The Kier molecular flexibility index (Phi) is 4.93. The molecule has 0 aliphatic rings. The number of aliphatic hydroxyl groups is 1. The average Bonchev–Trinajstić information content (AvgIpc) is 2.76. The summed E-state index contributed by atoms with van der Waals surface area (Å²) >= 11 is 0. The average molecular weight is 239 g/mol. The van der Waals surface area contributed by atoms with Crippen LogP contribution in [-0.4, -0.2) is 36.9 Å². The Bertz CT molecular complexity index is 368. The summed E-state index contributed by atoms with van der Waals surface area (Å²) in [5, 5.41) is 12.3. The van der Waals surface area contributed by atoms with Crippen LogP contribution < -0.4 is 5.32 Å². The number of amides is 1. The monoisotopic (exact) mass is 239 g/mol. The number of rotatable bonds is 6. The first-order valence-corrected chi connectivity index (χ1v) is 5.23. The summed E-state index contributed by atoms with van der Waals surface area (Å²) in [6.07, 6.45) is 6.07. The van der Waals surface area contributed by atoms with Crippen molar-refractivity contribution in [1.82, 2.24) is 5.32 Å². The standard InChI is InChI=1S/C12H17NO4/c1-12(15,9-16-2)8-13-11(14)4-3-10-5-6-17-7-10/h3-7,15H,8-9H2,1-2H3,(H,13,14)/b4-3+/t12-/m1/s1. The third kappa shape index (κ3) is 5.33. The van der Waals surface area contributed by atoms with E-state index in [0.717, 1.165) is 5.56 Å². The van der Waals surface area contributed by atoms with Crippen molar-refractivity contribution < 1.29 is 19.1 Å². The minimum Gasteiger partial charge on any atom is -0.472 e. The number of carbonyl (C=O) groups excluding carboxylic acids is 1. The van der Waals surface area contributed by atoms with Crippen molar-refractivity contribution in [3.05, 3.63) is 30.2 Å². The molecule has 0 radical (unpaired) electrons. The first-order chi connectivity index (χ1) is 8.03. The van der Waals surface area contributed by atoms with Gasteiger partial charge in [-0.15, -0.1) is 0 Å². The summed E-state index contributed by atoms with van der Waals surface area (Å²) in [5.74, 6) is -0.275. The van der Waals surface area contributed by atoms with Crippen molar-refractivity contribution in [3.8, 4) is 0 Å². The van der Waals surface area contributed by atoms with E-state index in [9.17, 15) is 9.90 Å². The fraction of sp³-hybridized carbons (Fsp3) is 0.417. The second-order valence-electron chi connectivity index (χ2n) is 4.04. The molecule has 0 saturated heterocycles. The van der Waals surface area contributed by atoms with Gasteiger partial charge < -0.3 is 19.6 Å². The first-order valence-electron chi connectivity index (χ1n) is 5.23. The van der Waals surface area contributed by atoms with E-state index in [0.29, 0.717) is 0 Å². The normalized spacial score (nSPS) is 14.8. The van der Waals surface area contributed by atoms with Gasteiger partial charge in [0.15, 0.2) is 0 Å². The third-order valence-electron chi connectivity index (χ3n) is 2.07. The number of methoxy groups -OCH3 is 1. The zero-order valence-electron chi connectivity index (χ0n) is 9.97. The molecule has 0 aromatic carbocycles. The number of hydrogen-bond acceptors (Lipinski definition) is 4. The number of hydrogen-bond donors (Lipinski definition) is 2. The van der Waals surface area contributed by atoms with E-state index >= 15 is 0 Å². The first kappa shape index (κ1) is 13.5. The predicted octanol–water partition coefficient (Wildman–Crippen LogP) is 0.806. The highest BCUT2D eigenvalue weighted by Crippen LogP contribution is 2.03. The second-order valence-corrected chi connectivity index (χ2v) is 4.04. The molecule has 0 bridgehead atoms. The molecule has 0 unspecified atom stereocenters. The minimum atomic E-state index is -1.06. The van der Waals surface area contributed by atoms with E-state index in [4.69, 9.17) is 9.15 Å². The van der Waals surface area contributed by atoms with Crippen molar-refractivity contribution in [1.29, 1.82) is 0 Å². The van der Waals surface area contributed by atoms with Crippen molar-refractivity contribution in [2.75, 3.05) is 20.3 Å². The van der Waals surface area contributed by atoms with Crippen molar-refractivity contribution in [3.63, 3.8) is 0 Å². The van der Waals surface area contributed by atoms with Crippen LogP contribution in [0, 0.1) is 0 Å². The summed E-state index contributed by atoms with van der Waals surface area (Å²) in [7, 11) is 1.50. The summed E-state index contributed by atoms with van der Waals surface area (Å²) in [5.41, 5.74) is -0.253. The van der Waals surface area contributed by atoms with E-state index in [2.05, 4.69) is 5.32 Å². The largest absolute Gasteiger partial charge is 0.472 e. The van der Waals surface area contributed by atoms with Gasteiger partial charge in [-0.05, 0) is 19.1 Å². The number of ether oxygens (including phenoxy) is 1. The molecule has 1 aromatic rings. The van der Waals surface area contributed by atoms with E-state index in [1.165, 1.54) is 25.7 Å². The van der Waals surface area contributed by atoms with Crippen molar-refractivity contribution in [2.45, 2.75) is 12.5 Å². The van der Waals surface area contributed by atoms with Gasteiger partial charge in [-0.1, -0.05) is 0 Å². The lowest BCUT2D eigenvalue weighted by atomic mass is 10.1. The van der Waals surface area contributed by atoms with Crippen LogP contribution >= 0.6 is 0 Å². The second kappa shape index (κ2) is 6.22. The Morgan fingerprint density at radius 1 is 1.71 bits per heavy atom. The van der Waals surface area contributed by atoms with Gasteiger partial charge in [0.2, 0.25) is 5.91 Å². The molecule has 0 aliphatic heterocycles. The van der Waals surface area contributed by atoms with Gasteiger partial charge >= 0.3 is 0 Å². The highest BCUT2D eigenvalue weighted by atomic mass is 16.5. The van der Waals surface area contributed by atoms with Gasteiger partial charge in [0.05, 0.1) is 19.1 Å². The van der Waals surface area contributed by atoms with Crippen LogP contribution in [-0.2, 0) is 9.53 Å². The molecule has 0 saturated carbocycles. The van der Waals surface area contributed by atoms with Crippen molar-refractivity contribution >= 4 is 12.0 Å². The zero-order valence-corrected chi connectivity index (χ0v) is 9.97. The Balaban J connectivity index is 2.35. The molecule has 0 spiro atoms. The molecule has 0 fully saturated rings. The molecule has 5 heteroatoms. The summed E-state index contributed by atoms with van der Waals surface area (Å²) in [6.45, 7) is 1.89. The molecular weight excluding hydrogens is 222 g/mol. The molecule has 94 valence electrons. The van der Waals surface area contributed by atoms with Crippen LogP contribution in [0.25, 0.3) is 6.08 Å². The SMILES string of the molecule is COC[C@](C)(O)CNC(=O)/C=C/c1ccoc1. The summed E-state index contributed by atoms with van der Waals surface area (Å²) in [4.78, 5) is 11.4. The van der Waals surface area contributed by atoms with Gasteiger partial charge in [0.25, 0.3) is 0 Å². The Hall–Kier alpha value is -1.59. The highest BCUT2D eigenvalue weighted by Gasteiger charge is 2.20. The van der Waals surface area contributed by atoms with Gasteiger partial charge in [0.1, 0.15) is 5.60 Å². The Morgan fingerprint density at radius 3 is 3.06 bits per heavy atom. The Morgan fingerprint density at radius 2 is 2.47 bits per heavy atom.